The van der Waals surface area contributed by atoms with Crippen LogP contribution in [-0.4, -0.2) is 53.5 Å². The van der Waals surface area contributed by atoms with E-state index < -0.39 is 10.0 Å². The molecular weight excluding hydrogens is 366 g/mol. The molecule has 0 unspecified atom stereocenters. The topological polar surface area (TPSA) is 87.7 Å². The lowest BCUT2D eigenvalue weighted by atomic mass is 10.2. The summed E-state index contributed by atoms with van der Waals surface area (Å²) in [6.07, 6.45) is 0. The molecule has 0 atom stereocenters. The monoisotopic (exact) mass is 391 g/mol. The molecule has 0 aliphatic rings. The maximum atomic E-state index is 12.2. The van der Waals surface area contributed by atoms with Gasteiger partial charge in [0.15, 0.2) is 0 Å². The predicted octanol–water partition coefficient (Wildman–Crippen LogP) is 1.47. The predicted molar refractivity (Wildman–Crippen MR) is 104 cm³/mol. The van der Waals surface area contributed by atoms with E-state index in [1.54, 1.807) is 7.11 Å². The van der Waals surface area contributed by atoms with Crippen LogP contribution >= 0.6 is 0 Å². The molecule has 0 saturated heterocycles. The molecular formula is C19H25N3O4S. The summed E-state index contributed by atoms with van der Waals surface area (Å²) in [5.74, 6) is 0.483. The summed E-state index contributed by atoms with van der Waals surface area (Å²) in [6, 6.07) is 13.3. The molecule has 0 heterocycles. The molecule has 8 heteroatoms. The second kappa shape index (κ2) is 9.50. The molecule has 0 aliphatic carbocycles. The van der Waals surface area contributed by atoms with Gasteiger partial charge in [-0.1, -0.05) is 12.1 Å². The molecule has 0 bridgehead atoms. The molecule has 0 fully saturated rings. The summed E-state index contributed by atoms with van der Waals surface area (Å²) >= 11 is 0. The summed E-state index contributed by atoms with van der Waals surface area (Å²) < 4.78 is 32.1. The molecule has 1 amide bonds. The summed E-state index contributed by atoms with van der Waals surface area (Å²) in [5, 5.41) is 2.81. The van der Waals surface area contributed by atoms with Crippen LogP contribution in [0.4, 0.5) is 0 Å². The van der Waals surface area contributed by atoms with Crippen LogP contribution in [0.15, 0.2) is 53.4 Å². The van der Waals surface area contributed by atoms with Crippen molar-refractivity contribution < 1.29 is 17.9 Å². The van der Waals surface area contributed by atoms with E-state index in [9.17, 15) is 13.2 Å². The Morgan fingerprint density at radius 2 is 1.67 bits per heavy atom. The number of hydrogen-bond acceptors (Lipinski definition) is 5. The standard InChI is InChI=1S/C19H25N3O4S/c1-22(2)13-12-21-27(24,25)18-10-6-16(7-11-18)19(23)20-14-15-4-8-17(26-3)9-5-15/h4-11,21H,12-14H2,1-3H3,(H,20,23). The van der Waals surface area contributed by atoms with E-state index in [1.165, 1.54) is 24.3 Å². The first-order valence-corrected chi connectivity index (χ1v) is 9.96. The number of benzene rings is 2. The summed E-state index contributed by atoms with van der Waals surface area (Å²) in [7, 11) is 1.75. The van der Waals surface area contributed by atoms with Gasteiger partial charge in [0, 0.05) is 25.2 Å². The SMILES string of the molecule is COc1ccc(CNC(=O)c2ccc(S(=O)(=O)NCCN(C)C)cc2)cc1. The number of rotatable bonds is 9. The van der Waals surface area contributed by atoms with Gasteiger partial charge in [-0.3, -0.25) is 4.79 Å². The fourth-order valence-corrected chi connectivity index (χ4v) is 3.32. The lowest BCUT2D eigenvalue weighted by molar-refractivity contribution is 0.0951. The van der Waals surface area contributed by atoms with Crippen LogP contribution < -0.4 is 14.8 Å². The van der Waals surface area contributed by atoms with Gasteiger partial charge in [0.2, 0.25) is 10.0 Å². The molecule has 146 valence electrons. The zero-order chi connectivity index (χ0) is 19.9. The minimum absolute atomic E-state index is 0.132. The molecule has 0 spiro atoms. The number of sulfonamides is 1. The van der Waals surface area contributed by atoms with Crippen molar-refractivity contribution in [3.8, 4) is 5.75 Å². The van der Waals surface area contributed by atoms with Crippen LogP contribution in [0.3, 0.4) is 0 Å². The van der Waals surface area contributed by atoms with Crippen molar-refractivity contribution in [3.05, 3.63) is 59.7 Å². The Balaban J connectivity index is 1.94. The average molecular weight is 391 g/mol. The second-order valence-corrected chi connectivity index (χ2v) is 8.02. The molecule has 2 aromatic carbocycles. The van der Waals surface area contributed by atoms with Gasteiger partial charge in [0.25, 0.3) is 5.91 Å². The van der Waals surface area contributed by atoms with Gasteiger partial charge < -0.3 is 15.0 Å². The highest BCUT2D eigenvalue weighted by Gasteiger charge is 2.14. The van der Waals surface area contributed by atoms with Crippen molar-refractivity contribution in [1.29, 1.82) is 0 Å². The van der Waals surface area contributed by atoms with Crippen LogP contribution in [0.25, 0.3) is 0 Å². The zero-order valence-corrected chi connectivity index (χ0v) is 16.5. The smallest absolute Gasteiger partial charge is 0.251 e. The Morgan fingerprint density at radius 3 is 2.22 bits per heavy atom. The Bertz CT molecular complexity index is 848. The number of nitrogens with zero attached hydrogens (tertiary/aromatic N) is 1. The van der Waals surface area contributed by atoms with Crippen LogP contribution in [0.2, 0.25) is 0 Å². The number of likely N-dealkylation sites (N-methyl/N-ethyl adjacent to an activating group) is 1. The highest BCUT2D eigenvalue weighted by Crippen LogP contribution is 2.12. The van der Waals surface area contributed by atoms with Crippen LogP contribution in [-0.2, 0) is 16.6 Å². The fourth-order valence-electron chi connectivity index (χ4n) is 2.30. The number of ether oxygens (including phenoxy) is 1. The average Bonchev–Trinajstić information content (AvgIpc) is 2.66. The number of carbonyl (C=O) groups excluding carboxylic acids is 1. The van der Waals surface area contributed by atoms with Crippen molar-refractivity contribution in [1.82, 2.24) is 14.9 Å². The van der Waals surface area contributed by atoms with Gasteiger partial charge >= 0.3 is 0 Å². The lowest BCUT2D eigenvalue weighted by Crippen LogP contribution is -2.31. The fraction of sp³-hybridized carbons (Fsp3) is 0.316. The third-order valence-corrected chi connectivity index (χ3v) is 5.37. The van der Waals surface area contributed by atoms with Gasteiger partial charge in [-0.25, -0.2) is 13.1 Å². The van der Waals surface area contributed by atoms with Gasteiger partial charge in [-0.2, -0.15) is 0 Å². The second-order valence-electron chi connectivity index (χ2n) is 6.26. The highest BCUT2D eigenvalue weighted by atomic mass is 32.2. The normalized spacial score (nSPS) is 11.4. The molecule has 0 saturated carbocycles. The highest BCUT2D eigenvalue weighted by molar-refractivity contribution is 7.89. The first-order chi connectivity index (χ1) is 12.8. The molecule has 2 N–H and O–H groups in total. The van der Waals surface area contributed by atoms with Crippen molar-refractivity contribution >= 4 is 15.9 Å². The Kier molecular flexibility index (Phi) is 7.35. The van der Waals surface area contributed by atoms with Gasteiger partial charge in [0.1, 0.15) is 5.75 Å². The van der Waals surface area contributed by atoms with Crippen molar-refractivity contribution in [3.63, 3.8) is 0 Å². The number of amides is 1. The van der Waals surface area contributed by atoms with Crippen molar-refractivity contribution in [2.24, 2.45) is 0 Å². The number of hydrogen-bond donors (Lipinski definition) is 2. The van der Waals surface area contributed by atoms with Crippen molar-refractivity contribution in [2.45, 2.75) is 11.4 Å². The quantitative estimate of drug-likeness (QED) is 0.676. The van der Waals surface area contributed by atoms with Crippen LogP contribution in [0.5, 0.6) is 5.75 Å². The van der Waals surface area contributed by atoms with Gasteiger partial charge in [-0.05, 0) is 56.1 Å². The third-order valence-electron chi connectivity index (χ3n) is 3.89. The van der Waals surface area contributed by atoms with Gasteiger partial charge in [-0.15, -0.1) is 0 Å². The zero-order valence-electron chi connectivity index (χ0n) is 15.7. The largest absolute Gasteiger partial charge is 0.497 e. The number of methoxy groups -OCH3 is 1. The van der Waals surface area contributed by atoms with E-state index >= 15 is 0 Å². The summed E-state index contributed by atoms with van der Waals surface area (Å²) in [5.41, 5.74) is 1.34. The number of carbonyl (C=O) groups is 1. The summed E-state index contributed by atoms with van der Waals surface area (Å²) in [6.45, 7) is 1.29. The summed E-state index contributed by atoms with van der Waals surface area (Å²) in [4.78, 5) is 14.3. The Labute approximate surface area is 160 Å². The Hall–Kier alpha value is -2.42. The Morgan fingerprint density at radius 1 is 1.04 bits per heavy atom. The minimum atomic E-state index is -3.58. The van der Waals surface area contributed by atoms with Crippen LogP contribution in [0, 0.1) is 0 Å². The molecule has 2 rings (SSSR count). The van der Waals surface area contributed by atoms with Crippen LogP contribution in [0.1, 0.15) is 15.9 Å². The number of nitrogens with one attached hydrogen (secondary N) is 2. The van der Waals surface area contributed by atoms with E-state index in [-0.39, 0.29) is 10.8 Å². The molecule has 0 aromatic heterocycles. The molecule has 27 heavy (non-hydrogen) atoms. The lowest BCUT2D eigenvalue weighted by Gasteiger charge is -2.11. The van der Waals surface area contributed by atoms with Crippen molar-refractivity contribution in [2.75, 3.05) is 34.3 Å². The van der Waals surface area contributed by atoms with E-state index in [0.717, 1.165) is 11.3 Å². The maximum Gasteiger partial charge on any atom is 0.251 e. The maximum absolute atomic E-state index is 12.2. The van der Waals surface area contributed by atoms with E-state index in [0.29, 0.717) is 25.2 Å². The molecule has 7 nitrogen and oxygen atoms in total. The first kappa shape index (κ1) is 20.9. The minimum Gasteiger partial charge on any atom is -0.497 e. The first-order valence-electron chi connectivity index (χ1n) is 8.47. The third kappa shape index (κ3) is 6.35. The van der Waals surface area contributed by atoms with E-state index in [4.69, 9.17) is 4.74 Å². The molecule has 0 radical (unpaired) electrons. The van der Waals surface area contributed by atoms with E-state index in [1.807, 2.05) is 43.3 Å². The molecule has 2 aromatic rings. The van der Waals surface area contributed by atoms with E-state index in [2.05, 4.69) is 10.0 Å². The van der Waals surface area contributed by atoms with Gasteiger partial charge in [0.05, 0.1) is 12.0 Å². The molecule has 0 aliphatic heterocycles.